The van der Waals surface area contributed by atoms with E-state index < -0.39 is 17.4 Å². The Hall–Kier alpha value is -1.82. The number of ether oxygens (including phenoxy) is 1. The normalized spacial score (nSPS) is 22.4. The number of carbonyl (C=O) groups is 2. The monoisotopic (exact) mass is 267 g/mol. The summed E-state index contributed by atoms with van der Waals surface area (Å²) in [6, 6.07) is 1.62. The first-order valence-corrected chi connectivity index (χ1v) is 6.21. The molecule has 1 fully saturated rings. The molecule has 0 spiro atoms. The van der Waals surface area contributed by atoms with Gasteiger partial charge in [-0.3, -0.25) is 4.79 Å². The standard InChI is InChI=1S/C13H17NO5/c1-3-9-8(2)6-10(19-9)11(15)14-13(12(16)17)4-5-18-7-13/h6H,3-5,7H2,1-2H3,(H,14,15)(H,16,17). The Bertz CT molecular complexity index is 499. The second kappa shape index (κ2) is 5.05. The molecule has 1 saturated heterocycles. The van der Waals surface area contributed by atoms with Crippen LogP contribution in [0.5, 0.6) is 0 Å². The fraction of sp³-hybridized carbons (Fsp3) is 0.538. The number of hydrogen-bond acceptors (Lipinski definition) is 4. The van der Waals surface area contributed by atoms with Crippen molar-refractivity contribution in [3.63, 3.8) is 0 Å². The minimum absolute atomic E-state index is 0.0194. The molecule has 1 aliphatic heterocycles. The molecule has 104 valence electrons. The second-order valence-corrected chi connectivity index (χ2v) is 4.71. The Morgan fingerprint density at radius 2 is 2.26 bits per heavy atom. The summed E-state index contributed by atoms with van der Waals surface area (Å²) < 4.78 is 10.5. The zero-order valence-corrected chi connectivity index (χ0v) is 11.0. The van der Waals surface area contributed by atoms with Gasteiger partial charge in [-0.05, 0) is 18.6 Å². The van der Waals surface area contributed by atoms with E-state index in [2.05, 4.69) is 5.32 Å². The lowest BCUT2D eigenvalue weighted by Crippen LogP contribution is -2.55. The van der Waals surface area contributed by atoms with Crippen molar-refractivity contribution in [1.29, 1.82) is 0 Å². The zero-order chi connectivity index (χ0) is 14.0. The van der Waals surface area contributed by atoms with Gasteiger partial charge in [-0.25, -0.2) is 4.79 Å². The maximum Gasteiger partial charge on any atom is 0.331 e. The fourth-order valence-electron chi connectivity index (χ4n) is 2.15. The molecular formula is C13H17NO5. The van der Waals surface area contributed by atoms with Crippen LogP contribution in [0.25, 0.3) is 0 Å². The predicted molar refractivity (Wildman–Crippen MR) is 66.1 cm³/mol. The molecule has 1 aliphatic rings. The van der Waals surface area contributed by atoms with E-state index in [-0.39, 0.29) is 18.8 Å². The molecule has 1 aromatic rings. The smallest absolute Gasteiger partial charge is 0.331 e. The van der Waals surface area contributed by atoms with Crippen molar-refractivity contribution in [3.05, 3.63) is 23.2 Å². The molecule has 1 unspecified atom stereocenters. The Balaban J connectivity index is 2.17. The number of aliphatic carboxylic acids is 1. The van der Waals surface area contributed by atoms with Crippen LogP contribution in [0.3, 0.4) is 0 Å². The number of carboxylic acids is 1. The number of aryl methyl sites for hydroxylation is 2. The van der Waals surface area contributed by atoms with E-state index in [9.17, 15) is 14.7 Å². The predicted octanol–water partition coefficient (Wildman–Crippen LogP) is 1.12. The van der Waals surface area contributed by atoms with Crippen LogP contribution in [-0.2, 0) is 16.0 Å². The average Bonchev–Trinajstić information content (AvgIpc) is 2.96. The van der Waals surface area contributed by atoms with E-state index in [4.69, 9.17) is 9.15 Å². The van der Waals surface area contributed by atoms with E-state index >= 15 is 0 Å². The highest BCUT2D eigenvalue weighted by molar-refractivity contribution is 5.96. The topological polar surface area (TPSA) is 88.8 Å². The summed E-state index contributed by atoms with van der Waals surface area (Å²) in [5.41, 5.74) is -0.454. The van der Waals surface area contributed by atoms with Crippen LogP contribution in [0.15, 0.2) is 10.5 Å². The van der Waals surface area contributed by atoms with E-state index in [1.54, 1.807) is 6.07 Å². The summed E-state index contributed by atoms with van der Waals surface area (Å²) in [6.07, 6.45) is 0.945. The van der Waals surface area contributed by atoms with E-state index in [0.717, 1.165) is 11.3 Å². The van der Waals surface area contributed by atoms with Gasteiger partial charge in [0.1, 0.15) is 5.76 Å². The zero-order valence-electron chi connectivity index (χ0n) is 11.0. The number of hydrogen-bond donors (Lipinski definition) is 2. The minimum atomic E-state index is -1.34. The fourth-order valence-corrected chi connectivity index (χ4v) is 2.15. The molecule has 1 amide bonds. The summed E-state index contributed by atoms with van der Waals surface area (Å²) in [7, 11) is 0. The maximum atomic E-state index is 12.1. The Kier molecular flexibility index (Phi) is 3.61. The third-order valence-corrected chi connectivity index (χ3v) is 3.35. The van der Waals surface area contributed by atoms with Crippen molar-refractivity contribution in [2.24, 2.45) is 0 Å². The summed E-state index contributed by atoms with van der Waals surface area (Å²) >= 11 is 0. The quantitative estimate of drug-likeness (QED) is 0.853. The van der Waals surface area contributed by atoms with Gasteiger partial charge >= 0.3 is 5.97 Å². The summed E-state index contributed by atoms with van der Waals surface area (Å²) in [5, 5.41) is 11.8. The molecule has 0 saturated carbocycles. The van der Waals surface area contributed by atoms with E-state index in [1.807, 2.05) is 13.8 Å². The lowest BCUT2D eigenvalue weighted by atomic mass is 9.99. The molecule has 6 heteroatoms. The van der Waals surface area contributed by atoms with Crippen molar-refractivity contribution < 1.29 is 23.8 Å². The number of nitrogens with one attached hydrogen (secondary N) is 1. The number of amides is 1. The van der Waals surface area contributed by atoms with Crippen LogP contribution in [0.1, 0.15) is 35.2 Å². The van der Waals surface area contributed by atoms with Gasteiger partial charge in [0.15, 0.2) is 11.3 Å². The van der Waals surface area contributed by atoms with Gasteiger partial charge in [0.2, 0.25) is 0 Å². The van der Waals surface area contributed by atoms with Crippen LogP contribution >= 0.6 is 0 Å². The summed E-state index contributed by atoms with van der Waals surface area (Å²) in [5.74, 6) is -0.730. The van der Waals surface area contributed by atoms with Gasteiger partial charge in [-0.1, -0.05) is 6.92 Å². The summed E-state index contributed by atoms with van der Waals surface area (Å²) in [6.45, 7) is 4.08. The summed E-state index contributed by atoms with van der Waals surface area (Å²) in [4.78, 5) is 23.4. The largest absolute Gasteiger partial charge is 0.479 e. The van der Waals surface area contributed by atoms with Crippen LogP contribution in [-0.4, -0.2) is 35.7 Å². The third-order valence-electron chi connectivity index (χ3n) is 3.35. The molecule has 0 radical (unpaired) electrons. The van der Waals surface area contributed by atoms with Crippen molar-refractivity contribution in [1.82, 2.24) is 5.32 Å². The number of rotatable bonds is 4. The van der Waals surface area contributed by atoms with Gasteiger partial charge in [0, 0.05) is 19.4 Å². The average molecular weight is 267 g/mol. The first-order valence-electron chi connectivity index (χ1n) is 6.21. The van der Waals surface area contributed by atoms with Gasteiger partial charge in [-0.15, -0.1) is 0 Å². The van der Waals surface area contributed by atoms with Gasteiger partial charge in [0.05, 0.1) is 6.61 Å². The van der Waals surface area contributed by atoms with E-state index in [1.165, 1.54) is 0 Å². The molecular weight excluding hydrogens is 250 g/mol. The maximum absolute atomic E-state index is 12.1. The Labute approximate surface area is 110 Å². The molecule has 19 heavy (non-hydrogen) atoms. The Morgan fingerprint density at radius 3 is 2.74 bits per heavy atom. The third kappa shape index (κ3) is 2.49. The molecule has 0 bridgehead atoms. The first kappa shape index (κ1) is 13.6. The van der Waals surface area contributed by atoms with Crippen molar-refractivity contribution in [2.45, 2.75) is 32.2 Å². The molecule has 1 aromatic heterocycles. The van der Waals surface area contributed by atoms with Crippen molar-refractivity contribution in [3.8, 4) is 0 Å². The number of carboxylic acid groups (broad SMARTS) is 1. The van der Waals surface area contributed by atoms with E-state index in [0.29, 0.717) is 13.0 Å². The van der Waals surface area contributed by atoms with Crippen LogP contribution in [0.2, 0.25) is 0 Å². The van der Waals surface area contributed by atoms with Crippen molar-refractivity contribution >= 4 is 11.9 Å². The molecule has 1 atom stereocenters. The first-order chi connectivity index (χ1) is 8.98. The lowest BCUT2D eigenvalue weighted by Gasteiger charge is -2.22. The highest BCUT2D eigenvalue weighted by Gasteiger charge is 2.44. The number of furan rings is 1. The molecule has 0 aliphatic carbocycles. The number of carbonyl (C=O) groups excluding carboxylic acids is 1. The van der Waals surface area contributed by atoms with Crippen LogP contribution < -0.4 is 5.32 Å². The minimum Gasteiger partial charge on any atom is -0.479 e. The molecule has 0 aromatic carbocycles. The molecule has 2 heterocycles. The molecule has 2 N–H and O–H groups in total. The highest BCUT2D eigenvalue weighted by Crippen LogP contribution is 2.21. The molecule has 2 rings (SSSR count). The van der Waals surface area contributed by atoms with Gasteiger partial charge < -0.3 is 19.6 Å². The SMILES string of the molecule is CCc1oc(C(=O)NC2(C(=O)O)CCOC2)cc1C. The Morgan fingerprint density at radius 1 is 1.53 bits per heavy atom. The van der Waals surface area contributed by atoms with Gasteiger partial charge in [0.25, 0.3) is 5.91 Å². The second-order valence-electron chi connectivity index (χ2n) is 4.71. The van der Waals surface area contributed by atoms with Crippen molar-refractivity contribution in [2.75, 3.05) is 13.2 Å². The van der Waals surface area contributed by atoms with Gasteiger partial charge in [-0.2, -0.15) is 0 Å². The highest BCUT2D eigenvalue weighted by atomic mass is 16.5. The lowest BCUT2D eigenvalue weighted by molar-refractivity contribution is -0.144. The van der Waals surface area contributed by atoms with Crippen LogP contribution in [0.4, 0.5) is 0 Å². The van der Waals surface area contributed by atoms with Crippen LogP contribution in [0, 0.1) is 6.92 Å². The molecule has 6 nitrogen and oxygen atoms in total.